The predicted octanol–water partition coefficient (Wildman–Crippen LogP) is 2.37. The third-order valence-corrected chi connectivity index (χ3v) is 4.67. The fourth-order valence-corrected chi connectivity index (χ4v) is 3.37. The van der Waals surface area contributed by atoms with Gasteiger partial charge in [-0.3, -0.25) is 4.98 Å². The van der Waals surface area contributed by atoms with Crippen molar-refractivity contribution in [3.05, 3.63) is 41.6 Å². The number of carboxylic acid groups (broad SMARTS) is 1. The van der Waals surface area contributed by atoms with E-state index >= 15 is 0 Å². The quantitative estimate of drug-likeness (QED) is 0.850. The van der Waals surface area contributed by atoms with Crippen molar-refractivity contribution in [3.8, 4) is 11.3 Å². The van der Waals surface area contributed by atoms with Gasteiger partial charge in [0.15, 0.2) is 0 Å². The average molecular weight is 356 g/mol. The van der Waals surface area contributed by atoms with Gasteiger partial charge in [-0.2, -0.15) is 0 Å². The van der Waals surface area contributed by atoms with Crippen LogP contribution in [0, 0.1) is 6.92 Å². The van der Waals surface area contributed by atoms with Gasteiger partial charge >= 0.3 is 5.97 Å². The summed E-state index contributed by atoms with van der Waals surface area (Å²) in [6, 6.07) is 3.58. The van der Waals surface area contributed by atoms with E-state index in [1.165, 1.54) is 6.20 Å². The van der Waals surface area contributed by atoms with Crippen LogP contribution in [0.3, 0.4) is 0 Å². The Morgan fingerprint density at radius 1 is 1.35 bits per heavy atom. The second-order valence-electron chi connectivity index (χ2n) is 6.63. The minimum atomic E-state index is -0.994. The number of pyridine rings is 1. The van der Waals surface area contributed by atoms with Crippen molar-refractivity contribution in [2.75, 3.05) is 33.4 Å². The van der Waals surface area contributed by atoms with E-state index in [0.29, 0.717) is 17.3 Å². The van der Waals surface area contributed by atoms with E-state index in [0.717, 1.165) is 50.5 Å². The Balaban J connectivity index is 1.86. The van der Waals surface area contributed by atoms with Crippen molar-refractivity contribution in [1.82, 2.24) is 19.9 Å². The van der Waals surface area contributed by atoms with E-state index in [9.17, 15) is 9.90 Å². The molecule has 0 aromatic carbocycles. The van der Waals surface area contributed by atoms with Crippen LogP contribution >= 0.6 is 0 Å². The van der Waals surface area contributed by atoms with Crippen LogP contribution < -0.4 is 0 Å². The molecule has 0 spiro atoms. The number of methoxy groups -OCH3 is 1. The van der Waals surface area contributed by atoms with E-state index < -0.39 is 5.97 Å². The number of aromatic carboxylic acids is 1. The normalized spacial score (nSPS) is 18.0. The molecule has 3 heterocycles. The summed E-state index contributed by atoms with van der Waals surface area (Å²) in [6.45, 7) is 5.56. The number of aryl methyl sites for hydroxylation is 1. The lowest BCUT2D eigenvalue weighted by Crippen LogP contribution is -2.36. The van der Waals surface area contributed by atoms with Crippen LogP contribution in [0.5, 0.6) is 0 Å². The molecule has 1 saturated heterocycles. The zero-order valence-electron chi connectivity index (χ0n) is 15.2. The lowest BCUT2D eigenvalue weighted by Gasteiger charge is -2.32. The smallest absolute Gasteiger partial charge is 0.337 e. The fourth-order valence-electron chi connectivity index (χ4n) is 3.37. The minimum absolute atomic E-state index is 0.156. The molecular weight excluding hydrogens is 332 g/mol. The van der Waals surface area contributed by atoms with Crippen LogP contribution in [-0.2, 0) is 4.74 Å². The van der Waals surface area contributed by atoms with E-state index in [1.54, 1.807) is 19.4 Å². The summed E-state index contributed by atoms with van der Waals surface area (Å²) in [6.07, 6.45) is 5.20. The van der Waals surface area contributed by atoms with Gasteiger partial charge in [0.05, 0.1) is 17.9 Å². The molecule has 0 bridgehead atoms. The van der Waals surface area contributed by atoms with Gasteiger partial charge in [-0.25, -0.2) is 14.8 Å². The van der Waals surface area contributed by atoms with Crippen molar-refractivity contribution in [1.29, 1.82) is 0 Å². The number of likely N-dealkylation sites (tertiary alicyclic amines) is 1. The number of piperidine rings is 1. The van der Waals surface area contributed by atoms with Gasteiger partial charge in [-0.15, -0.1) is 0 Å². The average Bonchev–Trinajstić information content (AvgIpc) is 2.66. The Morgan fingerprint density at radius 2 is 2.19 bits per heavy atom. The summed E-state index contributed by atoms with van der Waals surface area (Å²) in [5, 5.41) is 9.18. The predicted molar refractivity (Wildman–Crippen MR) is 97.3 cm³/mol. The number of carboxylic acids is 1. The van der Waals surface area contributed by atoms with Crippen LogP contribution in [0.15, 0.2) is 24.5 Å². The van der Waals surface area contributed by atoms with Crippen LogP contribution in [0.2, 0.25) is 0 Å². The lowest BCUT2D eigenvalue weighted by molar-refractivity contribution is 0.0696. The van der Waals surface area contributed by atoms with Gasteiger partial charge in [0.25, 0.3) is 0 Å². The number of ether oxygens (including phenoxy) is 1. The summed E-state index contributed by atoms with van der Waals surface area (Å²) in [4.78, 5) is 26.8. The van der Waals surface area contributed by atoms with E-state index in [-0.39, 0.29) is 5.56 Å². The molecule has 7 nitrogen and oxygen atoms in total. The molecule has 0 radical (unpaired) electrons. The first-order chi connectivity index (χ1) is 12.6. The molecule has 1 N–H and O–H groups in total. The SMILES string of the molecule is COCCN1CCCC(c2cc(-c3cncc(C(=O)O)c3)nc(C)n2)C1. The second-order valence-corrected chi connectivity index (χ2v) is 6.63. The highest BCUT2D eigenvalue weighted by Gasteiger charge is 2.23. The molecule has 1 atom stereocenters. The first-order valence-electron chi connectivity index (χ1n) is 8.82. The zero-order chi connectivity index (χ0) is 18.5. The molecule has 2 aromatic rings. The van der Waals surface area contributed by atoms with Gasteiger partial charge in [0.1, 0.15) is 5.82 Å². The Morgan fingerprint density at radius 3 is 2.96 bits per heavy atom. The van der Waals surface area contributed by atoms with Gasteiger partial charge < -0.3 is 14.7 Å². The number of nitrogens with zero attached hydrogens (tertiary/aromatic N) is 4. The van der Waals surface area contributed by atoms with Crippen LogP contribution in [0.25, 0.3) is 11.3 Å². The van der Waals surface area contributed by atoms with Crippen molar-refractivity contribution in [2.45, 2.75) is 25.7 Å². The molecule has 1 aliphatic rings. The van der Waals surface area contributed by atoms with Gasteiger partial charge in [0, 0.05) is 49.8 Å². The number of rotatable bonds is 6. The molecule has 1 fully saturated rings. The zero-order valence-corrected chi connectivity index (χ0v) is 15.2. The molecule has 3 rings (SSSR count). The maximum absolute atomic E-state index is 11.2. The van der Waals surface area contributed by atoms with Crippen LogP contribution in [0.4, 0.5) is 0 Å². The molecule has 0 aliphatic carbocycles. The molecule has 1 unspecified atom stereocenters. The van der Waals surface area contributed by atoms with Crippen molar-refractivity contribution < 1.29 is 14.6 Å². The summed E-state index contributed by atoms with van der Waals surface area (Å²) in [5.74, 6) is 0.0373. The maximum Gasteiger partial charge on any atom is 0.337 e. The van der Waals surface area contributed by atoms with Crippen molar-refractivity contribution in [3.63, 3.8) is 0 Å². The molecule has 138 valence electrons. The third-order valence-electron chi connectivity index (χ3n) is 4.67. The van der Waals surface area contributed by atoms with E-state index in [4.69, 9.17) is 4.74 Å². The molecular formula is C19H24N4O3. The van der Waals surface area contributed by atoms with Crippen LogP contribution in [-0.4, -0.2) is 64.3 Å². The molecule has 1 aliphatic heterocycles. The molecule has 26 heavy (non-hydrogen) atoms. The molecule has 0 amide bonds. The Labute approximate surface area is 153 Å². The number of carbonyl (C=O) groups is 1. The first-order valence-corrected chi connectivity index (χ1v) is 8.82. The van der Waals surface area contributed by atoms with E-state index in [1.807, 2.05) is 13.0 Å². The van der Waals surface area contributed by atoms with Crippen molar-refractivity contribution >= 4 is 5.97 Å². The standard InChI is InChI=1S/C19H24N4O3/c1-13-21-17(14-4-3-5-23(12-14)6-7-26-2)9-18(22-13)15-8-16(19(24)25)11-20-10-15/h8-11,14H,3-7,12H2,1-2H3,(H,24,25). The Kier molecular flexibility index (Phi) is 5.90. The monoisotopic (exact) mass is 356 g/mol. The highest BCUT2D eigenvalue weighted by molar-refractivity contribution is 5.88. The minimum Gasteiger partial charge on any atom is -0.478 e. The van der Waals surface area contributed by atoms with Gasteiger partial charge in [-0.1, -0.05) is 0 Å². The lowest BCUT2D eigenvalue weighted by atomic mass is 9.93. The topological polar surface area (TPSA) is 88.4 Å². The number of hydrogen-bond donors (Lipinski definition) is 1. The highest BCUT2D eigenvalue weighted by Crippen LogP contribution is 2.28. The molecule has 2 aromatic heterocycles. The summed E-state index contributed by atoms with van der Waals surface area (Å²) < 4.78 is 5.19. The van der Waals surface area contributed by atoms with Crippen molar-refractivity contribution in [2.24, 2.45) is 0 Å². The van der Waals surface area contributed by atoms with Gasteiger partial charge in [-0.05, 0) is 38.4 Å². The summed E-state index contributed by atoms with van der Waals surface area (Å²) >= 11 is 0. The van der Waals surface area contributed by atoms with E-state index in [2.05, 4.69) is 19.9 Å². The van der Waals surface area contributed by atoms with Crippen LogP contribution in [0.1, 0.15) is 40.6 Å². The summed E-state index contributed by atoms with van der Waals surface area (Å²) in [7, 11) is 1.72. The van der Waals surface area contributed by atoms with Gasteiger partial charge in [0.2, 0.25) is 0 Å². The maximum atomic E-state index is 11.2. The Bertz CT molecular complexity index is 781. The summed E-state index contributed by atoms with van der Waals surface area (Å²) in [5.41, 5.74) is 2.58. The first kappa shape index (κ1) is 18.4. The number of hydrogen-bond acceptors (Lipinski definition) is 6. The number of aromatic nitrogens is 3. The Hall–Kier alpha value is -2.38. The fraction of sp³-hybridized carbons (Fsp3) is 0.474. The highest BCUT2D eigenvalue weighted by atomic mass is 16.5. The third kappa shape index (κ3) is 4.42. The second kappa shape index (κ2) is 8.33. The largest absolute Gasteiger partial charge is 0.478 e. The molecule has 0 saturated carbocycles. The molecule has 7 heteroatoms.